The molecule has 3 rings (SSSR count). The third kappa shape index (κ3) is 1.30. The van der Waals surface area contributed by atoms with Gasteiger partial charge in [-0.2, -0.15) is 0 Å². The second-order valence-electron chi connectivity index (χ2n) is 6.84. The summed E-state index contributed by atoms with van der Waals surface area (Å²) in [5, 5.41) is 9.14. The topological polar surface area (TPSA) is 37.3 Å². The van der Waals surface area contributed by atoms with E-state index >= 15 is 0 Å². The first-order chi connectivity index (χ1) is 7.70. The molecule has 0 saturated heterocycles. The summed E-state index contributed by atoms with van der Waals surface area (Å²) in [5.74, 6) is -0.00776. The molecule has 2 bridgehead atoms. The van der Waals surface area contributed by atoms with Crippen molar-refractivity contribution in [2.75, 3.05) is 0 Å². The summed E-state index contributed by atoms with van der Waals surface area (Å²) >= 11 is 0. The lowest BCUT2D eigenvalue weighted by Crippen LogP contribution is -2.38. The molecule has 0 aromatic heterocycles. The molecule has 0 aliphatic heterocycles. The molecule has 0 heterocycles. The number of carbonyl (C=O) groups is 1. The lowest BCUT2D eigenvalue weighted by Gasteiger charge is -2.46. The minimum atomic E-state index is -0.777. The van der Waals surface area contributed by atoms with Gasteiger partial charge in [-0.1, -0.05) is 33.8 Å². The van der Waals surface area contributed by atoms with E-state index in [9.17, 15) is 4.79 Å². The maximum Gasteiger partial charge on any atom is 0.330 e. The van der Waals surface area contributed by atoms with Gasteiger partial charge >= 0.3 is 5.97 Å². The third-order valence-corrected chi connectivity index (χ3v) is 6.00. The number of rotatable bonds is 3. The van der Waals surface area contributed by atoms with Gasteiger partial charge in [-0.3, -0.25) is 0 Å². The minimum Gasteiger partial charge on any atom is -0.478 e. The Morgan fingerprint density at radius 2 is 1.88 bits per heavy atom. The zero-order chi connectivity index (χ0) is 13.1. The fourth-order valence-electron chi connectivity index (χ4n) is 4.82. The van der Waals surface area contributed by atoms with Crippen LogP contribution in [0.3, 0.4) is 0 Å². The van der Waals surface area contributed by atoms with Gasteiger partial charge in [0.25, 0.3) is 0 Å². The van der Waals surface area contributed by atoms with Crippen molar-refractivity contribution < 1.29 is 9.90 Å². The summed E-state index contributed by atoms with van der Waals surface area (Å²) in [6.45, 7) is 10.9. The maximum atomic E-state index is 11.1. The molecule has 0 aromatic rings. The monoisotopic (exact) mass is 236 g/mol. The Balaban J connectivity index is 2.51. The predicted octanol–water partition coefficient (Wildman–Crippen LogP) is 3.87. The van der Waals surface area contributed by atoms with Gasteiger partial charge in [0, 0.05) is 5.57 Å². The van der Waals surface area contributed by atoms with Crippen LogP contribution in [0, 0.1) is 22.2 Å². The molecule has 2 nitrogen and oxygen atoms in total. The summed E-state index contributed by atoms with van der Waals surface area (Å²) in [7, 11) is 0. The van der Waals surface area contributed by atoms with Gasteiger partial charge in [-0.25, -0.2) is 4.79 Å². The number of carboxylic acids is 1. The molecule has 0 aromatic carbocycles. The fourth-order valence-corrected chi connectivity index (χ4v) is 4.82. The zero-order valence-electron chi connectivity index (χ0n) is 11.6. The van der Waals surface area contributed by atoms with Crippen LogP contribution in [-0.2, 0) is 4.79 Å². The van der Waals surface area contributed by atoms with Crippen LogP contribution in [0.1, 0.15) is 53.9 Å². The second-order valence-corrected chi connectivity index (χ2v) is 6.84. The molecule has 96 valence electrons. The Bertz CT molecular complexity index is 386. The van der Waals surface area contributed by atoms with Gasteiger partial charge in [0.2, 0.25) is 0 Å². The lowest BCUT2D eigenvalue weighted by molar-refractivity contribution is -0.132. The van der Waals surface area contributed by atoms with Crippen LogP contribution in [-0.4, -0.2) is 11.1 Å². The van der Waals surface area contributed by atoms with Crippen LogP contribution >= 0.6 is 0 Å². The molecule has 1 unspecified atom stereocenters. The van der Waals surface area contributed by atoms with Gasteiger partial charge in [-0.15, -0.1) is 0 Å². The second kappa shape index (κ2) is 3.37. The van der Waals surface area contributed by atoms with Crippen molar-refractivity contribution in [3.63, 3.8) is 0 Å². The van der Waals surface area contributed by atoms with Crippen molar-refractivity contribution in [1.29, 1.82) is 0 Å². The summed E-state index contributed by atoms with van der Waals surface area (Å²) in [6.07, 6.45) is 5.63. The largest absolute Gasteiger partial charge is 0.478 e. The van der Waals surface area contributed by atoms with E-state index in [0.717, 1.165) is 12.3 Å². The molecule has 1 N–H and O–H groups in total. The van der Waals surface area contributed by atoms with Gasteiger partial charge in [0.15, 0.2) is 0 Å². The van der Waals surface area contributed by atoms with Crippen molar-refractivity contribution in [1.82, 2.24) is 0 Å². The molecule has 3 aliphatic rings. The van der Waals surface area contributed by atoms with E-state index in [1.54, 1.807) is 6.92 Å². The van der Waals surface area contributed by atoms with Crippen molar-refractivity contribution in [3.05, 3.63) is 11.6 Å². The van der Waals surface area contributed by atoms with Gasteiger partial charge in [-0.05, 0) is 48.3 Å². The first-order valence-corrected chi connectivity index (χ1v) is 6.63. The van der Waals surface area contributed by atoms with E-state index in [4.69, 9.17) is 5.11 Å². The lowest BCUT2D eigenvalue weighted by atomic mass is 9.58. The van der Waals surface area contributed by atoms with E-state index in [1.165, 1.54) is 12.8 Å². The van der Waals surface area contributed by atoms with Gasteiger partial charge < -0.3 is 5.11 Å². The van der Waals surface area contributed by atoms with Crippen LogP contribution in [0.2, 0.25) is 0 Å². The van der Waals surface area contributed by atoms with Crippen LogP contribution in [0.5, 0.6) is 0 Å². The smallest absolute Gasteiger partial charge is 0.330 e. The molecule has 17 heavy (non-hydrogen) atoms. The van der Waals surface area contributed by atoms with Crippen LogP contribution in [0.15, 0.2) is 11.6 Å². The summed E-state index contributed by atoms with van der Waals surface area (Å²) < 4.78 is 0. The van der Waals surface area contributed by atoms with Gasteiger partial charge in [0.05, 0.1) is 0 Å². The first kappa shape index (κ1) is 12.7. The molecule has 3 aliphatic carbocycles. The molecular weight excluding hydrogens is 212 g/mol. The van der Waals surface area contributed by atoms with Crippen LogP contribution < -0.4 is 0 Å². The molecular formula is C15H24O2. The Morgan fingerprint density at radius 3 is 2.18 bits per heavy atom. The van der Waals surface area contributed by atoms with E-state index < -0.39 is 5.97 Å². The number of carboxylic acid groups (broad SMARTS) is 1. The average Bonchev–Trinajstić information content (AvgIpc) is 2.44. The standard InChI is InChI=1S/C15H24O2/c1-6-15(7-10(2)12(16)17)13(3,4)11-8-14(15,5)9-11/h7,11H,6,8-9H2,1-5H3,(H,16,17). The van der Waals surface area contributed by atoms with Crippen LogP contribution in [0.25, 0.3) is 0 Å². The van der Waals surface area contributed by atoms with Crippen molar-refractivity contribution in [2.45, 2.75) is 53.9 Å². The number of hydrogen-bond donors (Lipinski definition) is 1. The zero-order valence-corrected chi connectivity index (χ0v) is 11.6. The average molecular weight is 236 g/mol. The van der Waals surface area contributed by atoms with Crippen molar-refractivity contribution in [3.8, 4) is 0 Å². The molecule has 0 radical (unpaired) electrons. The highest BCUT2D eigenvalue weighted by Crippen LogP contribution is 2.78. The number of hydrogen-bond acceptors (Lipinski definition) is 1. The first-order valence-electron chi connectivity index (χ1n) is 6.63. The molecule has 3 saturated carbocycles. The number of fused-ring (bicyclic) bond motifs is 1. The Labute approximate surface area is 104 Å². The highest BCUT2D eigenvalue weighted by atomic mass is 16.4. The predicted molar refractivity (Wildman–Crippen MR) is 68.7 cm³/mol. The molecule has 0 spiro atoms. The van der Waals surface area contributed by atoms with E-state index in [-0.39, 0.29) is 10.8 Å². The quantitative estimate of drug-likeness (QED) is 0.755. The summed E-state index contributed by atoms with van der Waals surface area (Å²) in [5.41, 5.74) is 1.11. The van der Waals surface area contributed by atoms with Gasteiger partial charge in [0.1, 0.15) is 0 Å². The Morgan fingerprint density at radius 1 is 1.35 bits per heavy atom. The third-order valence-electron chi connectivity index (χ3n) is 6.00. The number of aliphatic carboxylic acids is 1. The molecule has 1 atom stereocenters. The van der Waals surface area contributed by atoms with E-state index in [2.05, 4.69) is 33.8 Å². The van der Waals surface area contributed by atoms with Crippen molar-refractivity contribution >= 4 is 5.97 Å². The number of allylic oxidation sites excluding steroid dienone is 1. The molecule has 3 fully saturated rings. The highest BCUT2D eigenvalue weighted by molar-refractivity contribution is 5.86. The fraction of sp³-hybridized carbons (Fsp3) is 0.800. The molecule has 2 heteroatoms. The van der Waals surface area contributed by atoms with E-state index in [0.29, 0.717) is 11.0 Å². The normalized spacial score (nSPS) is 43.4. The summed E-state index contributed by atoms with van der Waals surface area (Å²) in [4.78, 5) is 11.1. The van der Waals surface area contributed by atoms with E-state index in [1.807, 2.05) is 0 Å². The Hall–Kier alpha value is -0.790. The molecule has 0 amide bonds. The van der Waals surface area contributed by atoms with Crippen LogP contribution in [0.4, 0.5) is 0 Å². The Kier molecular flexibility index (Phi) is 2.51. The highest BCUT2D eigenvalue weighted by Gasteiger charge is 2.71. The summed E-state index contributed by atoms with van der Waals surface area (Å²) in [6, 6.07) is 0. The minimum absolute atomic E-state index is 0.0626. The maximum absolute atomic E-state index is 11.1. The SMILES string of the molecule is CCC1(C=C(C)C(=O)O)C2(C)CC(C2)C1(C)C. The van der Waals surface area contributed by atoms with Crippen molar-refractivity contribution in [2.24, 2.45) is 22.2 Å².